The molecule has 1 aromatic heterocycles. The maximum atomic E-state index is 13.4. The number of carbonyl (C=O) groups excluding carboxylic acids is 1. The summed E-state index contributed by atoms with van der Waals surface area (Å²) in [4.78, 5) is 18.1. The number of amides is 1. The zero-order valence-corrected chi connectivity index (χ0v) is 19.3. The van der Waals surface area contributed by atoms with Crippen molar-refractivity contribution in [2.24, 2.45) is 11.8 Å². The van der Waals surface area contributed by atoms with E-state index in [0.29, 0.717) is 11.8 Å². The Bertz CT molecular complexity index is 838. The molecular formula is C26H38N4O. The van der Waals surface area contributed by atoms with Crippen LogP contribution in [0.4, 0.5) is 0 Å². The average Bonchev–Trinajstić information content (AvgIpc) is 3.05. The minimum atomic E-state index is 0.227. The highest BCUT2D eigenvalue weighted by molar-refractivity contribution is 5.79. The van der Waals surface area contributed by atoms with Crippen molar-refractivity contribution in [2.45, 2.75) is 65.5 Å². The van der Waals surface area contributed by atoms with E-state index in [1.54, 1.807) is 0 Å². The lowest BCUT2D eigenvalue weighted by Gasteiger charge is -2.36. The highest BCUT2D eigenvalue weighted by atomic mass is 16.2. The number of likely N-dealkylation sites (tertiary alicyclic amines) is 2. The van der Waals surface area contributed by atoms with Gasteiger partial charge in [0.15, 0.2) is 0 Å². The van der Waals surface area contributed by atoms with Crippen LogP contribution in [0.25, 0.3) is 0 Å². The number of carbonyl (C=O) groups is 1. The van der Waals surface area contributed by atoms with Gasteiger partial charge in [0.2, 0.25) is 5.91 Å². The summed E-state index contributed by atoms with van der Waals surface area (Å²) in [5.41, 5.74) is 3.82. The first-order valence-corrected chi connectivity index (χ1v) is 12.2. The number of hydrogen-bond acceptors (Lipinski definition) is 3. The Morgan fingerprint density at radius 3 is 2.52 bits per heavy atom. The number of benzene rings is 1. The summed E-state index contributed by atoms with van der Waals surface area (Å²) in [6.45, 7) is 10.1. The maximum Gasteiger partial charge on any atom is 0.225 e. The molecule has 1 amide bonds. The smallest absolute Gasteiger partial charge is 0.225 e. The van der Waals surface area contributed by atoms with Crippen molar-refractivity contribution in [1.29, 1.82) is 0 Å². The first-order valence-electron chi connectivity index (χ1n) is 12.2. The van der Waals surface area contributed by atoms with Crippen LogP contribution in [0.15, 0.2) is 36.5 Å². The predicted molar refractivity (Wildman–Crippen MR) is 125 cm³/mol. The lowest BCUT2D eigenvalue weighted by atomic mass is 9.81. The Kier molecular flexibility index (Phi) is 7.44. The molecule has 2 aliphatic rings. The number of nitrogens with zero attached hydrogens (tertiary/aromatic N) is 4. The lowest BCUT2D eigenvalue weighted by Crippen LogP contribution is -2.42. The van der Waals surface area contributed by atoms with Gasteiger partial charge in [-0.25, -0.2) is 0 Å². The summed E-state index contributed by atoms with van der Waals surface area (Å²) in [5, 5.41) is 4.59. The van der Waals surface area contributed by atoms with Gasteiger partial charge in [0.1, 0.15) is 0 Å². The second kappa shape index (κ2) is 10.4. The molecule has 5 nitrogen and oxygen atoms in total. The van der Waals surface area contributed by atoms with Gasteiger partial charge in [-0.2, -0.15) is 5.10 Å². The van der Waals surface area contributed by atoms with Crippen molar-refractivity contribution in [2.75, 3.05) is 26.2 Å². The summed E-state index contributed by atoms with van der Waals surface area (Å²) in [7, 11) is 0. The molecule has 0 spiro atoms. The van der Waals surface area contributed by atoms with Gasteiger partial charge in [-0.3, -0.25) is 14.4 Å². The monoisotopic (exact) mass is 422 g/mol. The van der Waals surface area contributed by atoms with Gasteiger partial charge in [-0.1, -0.05) is 36.8 Å². The van der Waals surface area contributed by atoms with Gasteiger partial charge in [0.25, 0.3) is 0 Å². The van der Waals surface area contributed by atoms with E-state index >= 15 is 0 Å². The molecule has 1 atom stereocenters. The Morgan fingerprint density at radius 1 is 1.03 bits per heavy atom. The topological polar surface area (TPSA) is 41.4 Å². The van der Waals surface area contributed by atoms with Crippen molar-refractivity contribution in [3.63, 3.8) is 0 Å². The molecule has 5 heteroatoms. The van der Waals surface area contributed by atoms with Crippen molar-refractivity contribution in [3.8, 4) is 0 Å². The van der Waals surface area contributed by atoms with E-state index < -0.39 is 0 Å². The van der Waals surface area contributed by atoms with Gasteiger partial charge < -0.3 is 4.90 Å². The van der Waals surface area contributed by atoms with Gasteiger partial charge in [-0.05, 0) is 70.5 Å². The number of rotatable bonds is 7. The van der Waals surface area contributed by atoms with Crippen LogP contribution < -0.4 is 0 Å². The fourth-order valence-electron chi connectivity index (χ4n) is 5.33. The van der Waals surface area contributed by atoms with Crippen molar-refractivity contribution < 1.29 is 4.79 Å². The predicted octanol–water partition coefficient (Wildman–Crippen LogP) is 4.29. The first kappa shape index (κ1) is 22.1. The van der Waals surface area contributed by atoms with Crippen molar-refractivity contribution in [1.82, 2.24) is 19.6 Å². The standard InChI is InChI=1S/C26H38N4O/c1-3-30-20-24(21(2)27-30)19-28-16-13-23(14-17-28)25-11-7-8-15-29(26(25)31)18-12-22-9-5-4-6-10-22/h4-6,9-10,20,23,25H,3,7-8,11-19H2,1-2H3. The Labute approximate surface area is 187 Å². The third-order valence-corrected chi connectivity index (χ3v) is 7.30. The largest absolute Gasteiger partial charge is 0.342 e. The minimum Gasteiger partial charge on any atom is -0.342 e. The molecule has 1 unspecified atom stereocenters. The van der Waals surface area contributed by atoms with Gasteiger partial charge >= 0.3 is 0 Å². The van der Waals surface area contributed by atoms with Gasteiger partial charge in [-0.15, -0.1) is 0 Å². The van der Waals surface area contributed by atoms with Crippen molar-refractivity contribution >= 4 is 5.91 Å². The van der Waals surface area contributed by atoms with Crippen LogP contribution in [0.2, 0.25) is 0 Å². The molecule has 2 aromatic rings. The molecule has 0 saturated carbocycles. The van der Waals surface area contributed by atoms with E-state index in [1.165, 1.54) is 17.5 Å². The van der Waals surface area contributed by atoms with E-state index in [0.717, 1.165) is 77.1 Å². The molecule has 3 heterocycles. The minimum absolute atomic E-state index is 0.227. The van der Waals surface area contributed by atoms with Gasteiger partial charge in [0, 0.05) is 43.9 Å². The molecule has 1 aromatic carbocycles. The normalized spacial score (nSPS) is 21.4. The summed E-state index contributed by atoms with van der Waals surface area (Å²) >= 11 is 0. The number of piperidine rings is 1. The van der Waals surface area contributed by atoms with Crippen LogP contribution in [-0.2, 0) is 24.3 Å². The van der Waals surface area contributed by atoms with Crippen LogP contribution >= 0.6 is 0 Å². The second-order valence-corrected chi connectivity index (χ2v) is 9.37. The molecule has 0 radical (unpaired) electrons. The molecule has 0 aliphatic carbocycles. The Balaban J connectivity index is 1.31. The SMILES string of the molecule is CCn1cc(CN2CCC(C3CCCCN(CCc4ccccc4)C3=O)CC2)c(C)n1. The number of aryl methyl sites for hydroxylation is 2. The third kappa shape index (κ3) is 5.57. The van der Waals surface area contributed by atoms with E-state index in [-0.39, 0.29) is 5.92 Å². The Hall–Kier alpha value is -2.14. The highest BCUT2D eigenvalue weighted by Gasteiger charge is 2.35. The number of aromatic nitrogens is 2. The fourth-order valence-corrected chi connectivity index (χ4v) is 5.33. The summed E-state index contributed by atoms with van der Waals surface area (Å²) in [5.74, 6) is 1.19. The summed E-state index contributed by atoms with van der Waals surface area (Å²) in [6, 6.07) is 10.6. The molecule has 2 fully saturated rings. The molecule has 4 rings (SSSR count). The summed E-state index contributed by atoms with van der Waals surface area (Å²) < 4.78 is 2.03. The van der Waals surface area contributed by atoms with E-state index in [2.05, 4.69) is 65.3 Å². The molecular weight excluding hydrogens is 384 g/mol. The average molecular weight is 423 g/mol. The molecule has 0 N–H and O–H groups in total. The quantitative estimate of drug-likeness (QED) is 0.668. The van der Waals surface area contributed by atoms with E-state index in [4.69, 9.17) is 0 Å². The molecule has 31 heavy (non-hydrogen) atoms. The third-order valence-electron chi connectivity index (χ3n) is 7.30. The van der Waals surface area contributed by atoms with E-state index in [9.17, 15) is 4.79 Å². The lowest BCUT2D eigenvalue weighted by molar-refractivity contribution is -0.137. The zero-order valence-electron chi connectivity index (χ0n) is 19.3. The summed E-state index contributed by atoms with van der Waals surface area (Å²) in [6.07, 6.45) is 8.86. The molecule has 168 valence electrons. The number of hydrogen-bond donors (Lipinski definition) is 0. The van der Waals surface area contributed by atoms with Crippen LogP contribution in [0, 0.1) is 18.8 Å². The molecule has 0 bridgehead atoms. The molecule has 2 aliphatic heterocycles. The molecule has 2 saturated heterocycles. The van der Waals surface area contributed by atoms with Crippen LogP contribution in [-0.4, -0.2) is 51.7 Å². The van der Waals surface area contributed by atoms with Crippen molar-refractivity contribution in [3.05, 3.63) is 53.3 Å². The highest BCUT2D eigenvalue weighted by Crippen LogP contribution is 2.32. The zero-order chi connectivity index (χ0) is 21.6. The van der Waals surface area contributed by atoms with Gasteiger partial charge in [0.05, 0.1) is 5.69 Å². The van der Waals surface area contributed by atoms with Crippen LogP contribution in [0.5, 0.6) is 0 Å². The Morgan fingerprint density at radius 2 is 1.81 bits per heavy atom. The first-order chi connectivity index (χ1) is 15.1. The second-order valence-electron chi connectivity index (χ2n) is 9.37. The van der Waals surface area contributed by atoms with Crippen LogP contribution in [0.1, 0.15) is 55.8 Å². The fraction of sp³-hybridized carbons (Fsp3) is 0.615. The van der Waals surface area contributed by atoms with Crippen LogP contribution in [0.3, 0.4) is 0 Å². The maximum absolute atomic E-state index is 13.4. The van der Waals surface area contributed by atoms with E-state index in [1.807, 2.05) is 4.68 Å².